The predicted molar refractivity (Wildman–Crippen MR) is 111 cm³/mol. The molecule has 0 spiro atoms. The smallest absolute Gasteiger partial charge is 0.336 e. The molecule has 0 aliphatic heterocycles. The maximum atomic E-state index is 13.0. The Labute approximate surface area is 188 Å². The number of anilines is 1. The molecule has 0 fully saturated rings. The first kappa shape index (κ1) is 23.2. The molecule has 1 N–H and O–H groups in total. The van der Waals surface area contributed by atoms with Gasteiger partial charge in [0.25, 0.3) is 0 Å². The number of aromatic nitrogens is 3. The van der Waals surface area contributed by atoms with Crippen LogP contribution in [-0.4, -0.2) is 50.7 Å². The normalized spacial score (nSPS) is 11.5. The molecule has 0 unspecified atom stereocenters. The zero-order valence-corrected chi connectivity index (χ0v) is 18.1. The van der Waals surface area contributed by atoms with Gasteiger partial charge in [-0.1, -0.05) is 47.1 Å². The molecule has 0 radical (unpaired) electrons. The highest BCUT2D eigenvalue weighted by atomic mass is 35.5. The number of pyridine rings is 1. The van der Waals surface area contributed by atoms with Gasteiger partial charge in [0.15, 0.2) is 10.8 Å². The van der Waals surface area contributed by atoms with Gasteiger partial charge in [-0.3, -0.25) is 14.0 Å². The van der Waals surface area contributed by atoms with E-state index >= 15 is 0 Å². The number of alkyl halides is 3. The number of nitrogens with one attached hydrogen (secondary N) is 1. The van der Waals surface area contributed by atoms with Crippen LogP contribution in [0.5, 0.6) is 0 Å². The predicted octanol–water partition coefficient (Wildman–Crippen LogP) is 4.24. The maximum absolute atomic E-state index is 13.0. The van der Waals surface area contributed by atoms with E-state index in [-0.39, 0.29) is 11.4 Å². The molecule has 0 atom stereocenters. The molecular weight excluding hydrogens is 478 g/mol. The van der Waals surface area contributed by atoms with Gasteiger partial charge in [-0.15, -0.1) is 10.2 Å². The largest absolute Gasteiger partial charge is 0.418 e. The molecule has 31 heavy (non-hydrogen) atoms. The van der Waals surface area contributed by atoms with E-state index in [4.69, 9.17) is 23.2 Å². The van der Waals surface area contributed by atoms with Gasteiger partial charge in [-0.25, -0.2) is 0 Å². The van der Waals surface area contributed by atoms with Crippen molar-refractivity contribution in [3.8, 4) is 0 Å². The van der Waals surface area contributed by atoms with Crippen molar-refractivity contribution in [1.82, 2.24) is 19.5 Å². The minimum atomic E-state index is -4.62. The highest BCUT2D eigenvalue weighted by Crippen LogP contribution is 2.34. The number of nitrogens with zero attached hydrogens (tertiary/aromatic N) is 4. The van der Waals surface area contributed by atoms with E-state index in [0.717, 1.165) is 28.8 Å². The van der Waals surface area contributed by atoms with Crippen LogP contribution >= 0.6 is 35.0 Å². The zero-order chi connectivity index (χ0) is 22.8. The number of amides is 2. The lowest BCUT2D eigenvalue weighted by molar-refractivity contribution is -0.137. The number of para-hydroxylation sites is 1. The van der Waals surface area contributed by atoms with E-state index in [0.29, 0.717) is 20.8 Å². The number of carbonyl (C=O) groups excluding carboxylic acids is 2. The van der Waals surface area contributed by atoms with Crippen molar-refractivity contribution in [3.05, 3.63) is 52.1 Å². The second-order valence-corrected chi connectivity index (χ2v) is 8.10. The molecule has 3 aromatic rings. The van der Waals surface area contributed by atoms with Crippen molar-refractivity contribution in [1.29, 1.82) is 0 Å². The second-order valence-electron chi connectivity index (χ2n) is 6.31. The van der Waals surface area contributed by atoms with Crippen LogP contribution < -0.4 is 5.32 Å². The van der Waals surface area contributed by atoms with Crippen molar-refractivity contribution in [2.45, 2.75) is 11.3 Å². The van der Waals surface area contributed by atoms with Crippen LogP contribution in [0.4, 0.5) is 18.9 Å². The van der Waals surface area contributed by atoms with E-state index in [2.05, 4.69) is 15.5 Å². The van der Waals surface area contributed by atoms with E-state index in [1.165, 1.54) is 29.6 Å². The molecule has 0 aliphatic carbocycles. The molecular formula is C18H14Cl2F3N5O2S. The Morgan fingerprint density at radius 3 is 2.65 bits per heavy atom. The summed E-state index contributed by atoms with van der Waals surface area (Å²) < 4.78 is 40.6. The quantitative estimate of drug-likeness (QED) is 0.521. The molecule has 2 aromatic heterocycles. The van der Waals surface area contributed by atoms with Gasteiger partial charge in [-0.2, -0.15) is 13.2 Å². The maximum Gasteiger partial charge on any atom is 0.418 e. The van der Waals surface area contributed by atoms with Gasteiger partial charge in [0.05, 0.1) is 33.6 Å². The number of hydrogen-bond donors (Lipinski definition) is 1. The first-order valence-electron chi connectivity index (χ1n) is 8.59. The third kappa shape index (κ3) is 5.60. The summed E-state index contributed by atoms with van der Waals surface area (Å²) in [5.74, 6) is -1.29. The fourth-order valence-corrected chi connectivity index (χ4v) is 3.93. The van der Waals surface area contributed by atoms with Gasteiger partial charge in [0, 0.05) is 13.2 Å². The lowest BCUT2D eigenvalue weighted by atomic mass is 10.1. The van der Waals surface area contributed by atoms with Crippen LogP contribution in [0.15, 0.2) is 41.7 Å². The fourth-order valence-electron chi connectivity index (χ4n) is 2.57. The number of hydrogen-bond acceptors (Lipinski definition) is 5. The highest BCUT2D eigenvalue weighted by molar-refractivity contribution is 7.99. The van der Waals surface area contributed by atoms with Crippen LogP contribution in [-0.2, 0) is 15.8 Å². The van der Waals surface area contributed by atoms with Crippen LogP contribution in [0, 0.1) is 0 Å². The van der Waals surface area contributed by atoms with Crippen LogP contribution in [0.2, 0.25) is 10.0 Å². The summed E-state index contributed by atoms with van der Waals surface area (Å²) >= 11 is 13.1. The number of halogens is 5. The average molecular weight is 492 g/mol. The summed E-state index contributed by atoms with van der Waals surface area (Å²) in [7, 11) is 1.37. The minimum absolute atomic E-state index is 0.0894. The summed E-state index contributed by atoms with van der Waals surface area (Å²) in [6, 6.07) is 6.11. The third-order valence-corrected chi connectivity index (χ3v) is 5.45. The molecule has 1 aromatic carbocycles. The fraction of sp³-hybridized carbons (Fsp3) is 0.222. The van der Waals surface area contributed by atoms with Crippen LogP contribution in [0.25, 0.3) is 5.65 Å². The molecule has 2 heterocycles. The van der Waals surface area contributed by atoms with Gasteiger partial charge >= 0.3 is 6.18 Å². The molecule has 0 aliphatic rings. The number of likely N-dealkylation sites (N-methyl/N-ethyl adjacent to an activating group) is 1. The molecule has 164 valence electrons. The van der Waals surface area contributed by atoms with Gasteiger partial charge in [-0.05, 0) is 18.2 Å². The lowest BCUT2D eigenvalue weighted by Crippen LogP contribution is -2.36. The summed E-state index contributed by atoms with van der Waals surface area (Å²) in [5, 5.41) is 11.1. The Hall–Kier alpha value is -2.50. The molecule has 13 heteroatoms. The monoisotopic (exact) mass is 491 g/mol. The standard InChI is InChI=1S/C18H14Cl2F3N5O2S/c1-27(8-14(29)24-13-5-3-2-4-11(13)18(21,22)23)15(30)9-31-17-26-25-16-12(20)6-10(19)7-28(16)17/h2-7H,8-9H2,1H3,(H,24,29). The number of thioether (sulfide) groups is 1. The number of fused-ring (bicyclic) bond motifs is 1. The first-order valence-corrected chi connectivity index (χ1v) is 10.3. The molecule has 3 rings (SSSR count). The number of rotatable bonds is 6. The Bertz CT molecular complexity index is 1140. The van der Waals surface area contributed by atoms with Crippen molar-refractivity contribution < 1.29 is 22.8 Å². The van der Waals surface area contributed by atoms with Gasteiger partial charge < -0.3 is 10.2 Å². The summed E-state index contributed by atoms with van der Waals surface area (Å²) in [4.78, 5) is 25.6. The summed E-state index contributed by atoms with van der Waals surface area (Å²) in [6.45, 7) is -0.427. The minimum Gasteiger partial charge on any atom is -0.336 e. The molecule has 7 nitrogen and oxygen atoms in total. The van der Waals surface area contributed by atoms with E-state index in [1.54, 1.807) is 6.20 Å². The van der Waals surface area contributed by atoms with E-state index in [9.17, 15) is 22.8 Å². The second kappa shape index (κ2) is 9.33. The molecule has 0 bridgehead atoms. The topological polar surface area (TPSA) is 79.6 Å². The highest BCUT2D eigenvalue weighted by Gasteiger charge is 2.33. The van der Waals surface area contributed by atoms with Crippen LogP contribution in [0.3, 0.4) is 0 Å². The van der Waals surface area contributed by atoms with E-state index in [1.807, 2.05) is 0 Å². The van der Waals surface area contributed by atoms with Crippen molar-refractivity contribution in [2.24, 2.45) is 0 Å². The van der Waals surface area contributed by atoms with Crippen LogP contribution in [0.1, 0.15) is 5.56 Å². The molecule has 0 saturated carbocycles. The van der Waals surface area contributed by atoms with Gasteiger partial charge in [0.1, 0.15) is 0 Å². The Balaban J connectivity index is 1.60. The summed E-state index contributed by atoms with van der Waals surface area (Å²) in [5.41, 5.74) is -0.972. The summed E-state index contributed by atoms with van der Waals surface area (Å²) in [6.07, 6.45) is -3.07. The lowest BCUT2D eigenvalue weighted by Gasteiger charge is -2.18. The van der Waals surface area contributed by atoms with E-state index < -0.39 is 30.1 Å². The Morgan fingerprint density at radius 1 is 1.23 bits per heavy atom. The number of carbonyl (C=O) groups is 2. The number of benzene rings is 1. The van der Waals surface area contributed by atoms with Crippen molar-refractivity contribution >= 4 is 58.1 Å². The van der Waals surface area contributed by atoms with Crippen molar-refractivity contribution in [3.63, 3.8) is 0 Å². The van der Waals surface area contributed by atoms with Crippen molar-refractivity contribution in [2.75, 3.05) is 24.7 Å². The molecule has 0 saturated heterocycles. The average Bonchev–Trinajstić information content (AvgIpc) is 3.08. The molecule has 2 amide bonds. The first-order chi connectivity index (χ1) is 14.6. The Kier molecular flexibility index (Phi) is 6.97. The SMILES string of the molecule is CN(CC(=O)Nc1ccccc1C(F)(F)F)C(=O)CSc1nnc2c(Cl)cc(Cl)cn12. The zero-order valence-electron chi connectivity index (χ0n) is 15.8. The van der Waals surface area contributed by atoms with Gasteiger partial charge in [0.2, 0.25) is 11.8 Å². The third-order valence-electron chi connectivity index (χ3n) is 4.03. The Morgan fingerprint density at radius 2 is 1.94 bits per heavy atom.